The van der Waals surface area contributed by atoms with E-state index in [2.05, 4.69) is 26.5 Å². The molecule has 0 unspecified atom stereocenters. The molecule has 0 aromatic heterocycles. The second kappa shape index (κ2) is 9.52. The zero-order chi connectivity index (χ0) is 22.5. The SMILES string of the molecule is COc1ccc(C(=O)Oc2ccc(Br)cc2/C=N\NC(=O)c2ccc3c(c2)OCO3)cc1. The smallest absolute Gasteiger partial charge is 0.343 e. The summed E-state index contributed by atoms with van der Waals surface area (Å²) >= 11 is 3.38. The molecular formula is C23H17BrN2O6. The fourth-order valence-electron chi connectivity index (χ4n) is 2.86. The minimum absolute atomic E-state index is 0.124. The number of hydrogen-bond donors (Lipinski definition) is 1. The van der Waals surface area contributed by atoms with Crippen molar-refractivity contribution < 1.29 is 28.5 Å². The van der Waals surface area contributed by atoms with Gasteiger partial charge in [0.15, 0.2) is 11.5 Å². The molecule has 9 heteroatoms. The van der Waals surface area contributed by atoms with Crippen LogP contribution in [0.2, 0.25) is 0 Å². The van der Waals surface area contributed by atoms with Crippen molar-refractivity contribution in [1.82, 2.24) is 5.43 Å². The molecule has 0 saturated carbocycles. The van der Waals surface area contributed by atoms with Crippen molar-refractivity contribution in [1.29, 1.82) is 0 Å². The first-order chi connectivity index (χ1) is 15.5. The van der Waals surface area contributed by atoms with Gasteiger partial charge in [0.1, 0.15) is 11.5 Å². The van der Waals surface area contributed by atoms with E-state index in [4.69, 9.17) is 18.9 Å². The van der Waals surface area contributed by atoms with Crippen molar-refractivity contribution in [3.8, 4) is 23.0 Å². The summed E-state index contributed by atoms with van der Waals surface area (Å²) in [6.07, 6.45) is 1.40. The predicted octanol–water partition coefficient (Wildman–Crippen LogP) is 4.17. The number of carbonyl (C=O) groups excluding carboxylic acids is 2. The Morgan fingerprint density at radius 3 is 2.53 bits per heavy atom. The third kappa shape index (κ3) is 4.89. The highest BCUT2D eigenvalue weighted by atomic mass is 79.9. The second-order valence-corrected chi connectivity index (χ2v) is 7.48. The zero-order valence-corrected chi connectivity index (χ0v) is 18.4. The number of halogens is 1. The quantitative estimate of drug-likeness (QED) is 0.238. The summed E-state index contributed by atoms with van der Waals surface area (Å²) in [5.41, 5.74) is 3.68. The maximum absolute atomic E-state index is 12.5. The van der Waals surface area contributed by atoms with E-state index in [-0.39, 0.29) is 12.5 Å². The number of nitrogens with zero attached hydrogens (tertiary/aromatic N) is 1. The molecule has 162 valence electrons. The second-order valence-electron chi connectivity index (χ2n) is 6.57. The average molecular weight is 497 g/mol. The van der Waals surface area contributed by atoms with Crippen LogP contribution in [0.25, 0.3) is 0 Å². The lowest BCUT2D eigenvalue weighted by Crippen LogP contribution is -2.17. The van der Waals surface area contributed by atoms with E-state index in [1.165, 1.54) is 6.21 Å². The highest BCUT2D eigenvalue weighted by Gasteiger charge is 2.16. The molecule has 0 bridgehead atoms. The molecule has 3 aromatic carbocycles. The number of hydrogen-bond acceptors (Lipinski definition) is 7. The molecule has 1 amide bonds. The Kier molecular flexibility index (Phi) is 6.37. The monoisotopic (exact) mass is 496 g/mol. The molecule has 1 aliphatic heterocycles. The average Bonchev–Trinajstić information content (AvgIpc) is 3.28. The molecule has 3 aromatic rings. The van der Waals surface area contributed by atoms with E-state index in [9.17, 15) is 9.59 Å². The van der Waals surface area contributed by atoms with Crippen LogP contribution in [0.15, 0.2) is 70.2 Å². The molecule has 1 aliphatic rings. The minimum Gasteiger partial charge on any atom is -0.497 e. The van der Waals surface area contributed by atoms with E-state index in [1.54, 1.807) is 67.8 Å². The first-order valence-electron chi connectivity index (χ1n) is 9.42. The van der Waals surface area contributed by atoms with Crippen molar-refractivity contribution >= 4 is 34.0 Å². The maximum atomic E-state index is 12.5. The third-order valence-electron chi connectivity index (χ3n) is 4.50. The molecular weight excluding hydrogens is 480 g/mol. The van der Waals surface area contributed by atoms with Crippen molar-refractivity contribution in [2.75, 3.05) is 13.9 Å². The number of carbonyl (C=O) groups is 2. The van der Waals surface area contributed by atoms with Gasteiger partial charge in [0.05, 0.1) is 18.9 Å². The summed E-state index contributed by atoms with van der Waals surface area (Å²) < 4.78 is 21.9. The fraction of sp³-hybridized carbons (Fsp3) is 0.0870. The first-order valence-corrected chi connectivity index (χ1v) is 10.2. The standard InChI is InChI=1S/C23H17BrN2O6/c1-29-18-6-2-14(3-7-18)23(28)32-19-9-5-17(24)10-16(19)12-25-26-22(27)15-4-8-20-21(11-15)31-13-30-20/h2-12H,13H2,1H3,(H,26,27)/b25-12-. The van der Waals surface area contributed by atoms with Crippen molar-refractivity contribution in [2.24, 2.45) is 5.10 Å². The number of hydrazone groups is 1. The number of amides is 1. The number of nitrogens with one attached hydrogen (secondary N) is 1. The summed E-state index contributed by atoms with van der Waals surface area (Å²) in [4.78, 5) is 24.9. The lowest BCUT2D eigenvalue weighted by Gasteiger charge is -2.08. The maximum Gasteiger partial charge on any atom is 0.343 e. The van der Waals surface area contributed by atoms with Gasteiger partial charge in [-0.15, -0.1) is 0 Å². The summed E-state index contributed by atoms with van der Waals surface area (Å²) in [5.74, 6) is 1.05. The van der Waals surface area contributed by atoms with Crippen LogP contribution in [0.5, 0.6) is 23.0 Å². The van der Waals surface area contributed by atoms with Gasteiger partial charge in [-0.25, -0.2) is 10.2 Å². The van der Waals surface area contributed by atoms with Gasteiger partial charge < -0.3 is 18.9 Å². The molecule has 0 fully saturated rings. The molecule has 4 rings (SSSR count). The fourth-order valence-corrected chi connectivity index (χ4v) is 3.24. The van der Waals surface area contributed by atoms with Gasteiger partial charge in [-0.05, 0) is 60.7 Å². The molecule has 1 heterocycles. The van der Waals surface area contributed by atoms with Gasteiger partial charge in [0.25, 0.3) is 5.91 Å². The topological polar surface area (TPSA) is 95.5 Å². The summed E-state index contributed by atoms with van der Waals surface area (Å²) in [6, 6.07) is 16.5. The molecule has 0 radical (unpaired) electrons. The minimum atomic E-state index is -0.533. The Labute approximate surface area is 191 Å². The van der Waals surface area contributed by atoms with E-state index in [1.807, 2.05) is 0 Å². The Morgan fingerprint density at radius 1 is 1.00 bits per heavy atom. The van der Waals surface area contributed by atoms with Crippen LogP contribution in [-0.4, -0.2) is 32.0 Å². The van der Waals surface area contributed by atoms with Gasteiger partial charge in [0.2, 0.25) is 6.79 Å². The number of rotatable bonds is 6. The molecule has 32 heavy (non-hydrogen) atoms. The molecule has 8 nitrogen and oxygen atoms in total. The Morgan fingerprint density at radius 2 is 1.75 bits per heavy atom. The Balaban J connectivity index is 1.46. The number of ether oxygens (including phenoxy) is 4. The Bertz CT molecular complexity index is 1190. The van der Waals surface area contributed by atoms with E-state index in [0.29, 0.717) is 33.9 Å². The van der Waals surface area contributed by atoms with Crippen LogP contribution in [0.1, 0.15) is 26.3 Å². The summed E-state index contributed by atoms with van der Waals surface area (Å²) in [5, 5.41) is 3.99. The first kappa shape index (κ1) is 21.4. The van der Waals surface area contributed by atoms with Crippen molar-refractivity contribution in [3.05, 3.63) is 81.8 Å². The van der Waals surface area contributed by atoms with Crippen LogP contribution >= 0.6 is 15.9 Å². The van der Waals surface area contributed by atoms with E-state index < -0.39 is 11.9 Å². The van der Waals surface area contributed by atoms with Gasteiger partial charge >= 0.3 is 5.97 Å². The van der Waals surface area contributed by atoms with E-state index in [0.717, 1.165) is 4.47 Å². The van der Waals surface area contributed by atoms with Crippen molar-refractivity contribution in [2.45, 2.75) is 0 Å². The van der Waals surface area contributed by atoms with Gasteiger partial charge in [-0.3, -0.25) is 4.79 Å². The van der Waals surface area contributed by atoms with Gasteiger partial charge in [-0.1, -0.05) is 15.9 Å². The lowest BCUT2D eigenvalue weighted by molar-refractivity contribution is 0.0734. The van der Waals surface area contributed by atoms with Crippen LogP contribution < -0.4 is 24.4 Å². The number of benzene rings is 3. The number of methoxy groups -OCH3 is 1. The largest absolute Gasteiger partial charge is 0.497 e. The lowest BCUT2D eigenvalue weighted by atomic mass is 10.2. The normalized spacial score (nSPS) is 11.9. The molecule has 0 saturated heterocycles. The van der Waals surface area contributed by atoms with Crippen LogP contribution in [0.4, 0.5) is 0 Å². The molecule has 0 atom stereocenters. The number of fused-ring (bicyclic) bond motifs is 1. The summed E-state index contributed by atoms with van der Waals surface area (Å²) in [7, 11) is 1.55. The predicted molar refractivity (Wildman–Crippen MR) is 120 cm³/mol. The zero-order valence-electron chi connectivity index (χ0n) is 16.8. The molecule has 0 aliphatic carbocycles. The molecule has 0 spiro atoms. The van der Waals surface area contributed by atoms with Crippen molar-refractivity contribution in [3.63, 3.8) is 0 Å². The number of esters is 1. The van der Waals surface area contributed by atoms with Crippen LogP contribution in [0.3, 0.4) is 0 Å². The highest BCUT2D eigenvalue weighted by molar-refractivity contribution is 9.10. The van der Waals surface area contributed by atoms with Gasteiger partial charge in [0, 0.05) is 15.6 Å². The van der Waals surface area contributed by atoms with Crippen LogP contribution in [0, 0.1) is 0 Å². The van der Waals surface area contributed by atoms with E-state index >= 15 is 0 Å². The highest BCUT2D eigenvalue weighted by Crippen LogP contribution is 2.32. The third-order valence-corrected chi connectivity index (χ3v) is 5.00. The molecule has 1 N–H and O–H groups in total. The van der Waals surface area contributed by atoms with Gasteiger partial charge in [-0.2, -0.15) is 5.10 Å². The Hall–Kier alpha value is -3.85. The van der Waals surface area contributed by atoms with Crippen LogP contribution in [-0.2, 0) is 0 Å². The summed E-state index contributed by atoms with van der Waals surface area (Å²) in [6.45, 7) is 0.124.